The number of carbonyl (C=O) groups excluding carboxylic acids is 1. The summed E-state index contributed by atoms with van der Waals surface area (Å²) in [6, 6.07) is 5.47. The molecular formula is C11H10F3NOS. The first-order valence-corrected chi connectivity index (χ1v) is 5.52. The molecule has 1 aromatic carbocycles. The van der Waals surface area contributed by atoms with Gasteiger partial charge in [-0.15, -0.1) is 0 Å². The molecule has 1 N–H and O–H groups in total. The molecule has 1 rings (SSSR count). The number of anilines is 1. The second-order valence-corrected chi connectivity index (χ2v) is 4.20. The maximum atomic E-state index is 12.0. The number of hydrogen-bond acceptors (Lipinski definition) is 2. The summed E-state index contributed by atoms with van der Waals surface area (Å²) in [7, 11) is 0. The molecule has 17 heavy (non-hydrogen) atoms. The summed E-state index contributed by atoms with van der Waals surface area (Å²) >= 11 is -0.188. The lowest BCUT2D eigenvalue weighted by Crippen LogP contribution is -2.07. The van der Waals surface area contributed by atoms with E-state index in [1.54, 1.807) is 13.0 Å². The zero-order chi connectivity index (χ0) is 12.9. The molecule has 0 aliphatic rings. The summed E-state index contributed by atoms with van der Waals surface area (Å²) in [5, 5.41) is 2.52. The van der Waals surface area contributed by atoms with Crippen molar-refractivity contribution in [1.29, 1.82) is 0 Å². The van der Waals surface area contributed by atoms with Crippen LogP contribution in [0.5, 0.6) is 0 Å². The van der Waals surface area contributed by atoms with E-state index in [9.17, 15) is 18.0 Å². The average molecular weight is 261 g/mol. The topological polar surface area (TPSA) is 29.1 Å². The smallest absolute Gasteiger partial charge is 0.323 e. The summed E-state index contributed by atoms with van der Waals surface area (Å²) in [6.45, 7) is 1.70. The van der Waals surface area contributed by atoms with Crippen LogP contribution in [-0.4, -0.2) is 11.4 Å². The van der Waals surface area contributed by atoms with Crippen molar-refractivity contribution in [2.45, 2.75) is 17.3 Å². The van der Waals surface area contributed by atoms with E-state index in [1.807, 2.05) is 0 Å². The Balaban J connectivity index is 2.65. The Bertz CT molecular complexity index is 412. The molecule has 0 aromatic heterocycles. The predicted octanol–water partition coefficient (Wildman–Crippen LogP) is 3.81. The van der Waals surface area contributed by atoms with Crippen molar-refractivity contribution in [3.05, 3.63) is 36.4 Å². The van der Waals surface area contributed by atoms with E-state index in [4.69, 9.17) is 0 Å². The van der Waals surface area contributed by atoms with Gasteiger partial charge in [0.25, 0.3) is 0 Å². The molecule has 0 fully saturated rings. The molecular weight excluding hydrogens is 251 g/mol. The van der Waals surface area contributed by atoms with Gasteiger partial charge in [0.15, 0.2) is 0 Å². The van der Waals surface area contributed by atoms with E-state index in [0.29, 0.717) is 5.69 Å². The molecule has 0 unspecified atom stereocenters. The van der Waals surface area contributed by atoms with Gasteiger partial charge in [0.05, 0.1) is 0 Å². The van der Waals surface area contributed by atoms with Gasteiger partial charge in [-0.1, -0.05) is 6.08 Å². The van der Waals surface area contributed by atoms with Crippen molar-refractivity contribution in [2.24, 2.45) is 0 Å². The van der Waals surface area contributed by atoms with Crippen LogP contribution in [0.2, 0.25) is 0 Å². The maximum Gasteiger partial charge on any atom is 0.446 e. The SMILES string of the molecule is CC=CC(=O)Nc1ccc(SC(F)(F)F)cc1. The van der Waals surface area contributed by atoms with Crippen LogP contribution in [0.25, 0.3) is 0 Å². The van der Waals surface area contributed by atoms with Gasteiger partial charge >= 0.3 is 5.51 Å². The number of carbonyl (C=O) groups is 1. The number of amides is 1. The molecule has 0 bridgehead atoms. The van der Waals surface area contributed by atoms with Crippen molar-refractivity contribution in [2.75, 3.05) is 5.32 Å². The van der Waals surface area contributed by atoms with E-state index in [2.05, 4.69) is 5.32 Å². The molecule has 6 heteroatoms. The fraction of sp³-hybridized carbons (Fsp3) is 0.182. The number of rotatable bonds is 3. The van der Waals surface area contributed by atoms with Gasteiger partial charge in [-0.25, -0.2) is 0 Å². The third kappa shape index (κ3) is 5.44. The first-order chi connectivity index (χ1) is 7.90. The Kier molecular flexibility index (Phi) is 4.62. The van der Waals surface area contributed by atoms with Crippen LogP contribution in [-0.2, 0) is 4.79 Å². The van der Waals surface area contributed by atoms with Crippen molar-refractivity contribution < 1.29 is 18.0 Å². The number of hydrogen-bond donors (Lipinski definition) is 1. The zero-order valence-corrected chi connectivity index (χ0v) is 9.73. The zero-order valence-electron chi connectivity index (χ0n) is 8.91. The van der Waals surface area contributed by atoms with Gasteiger partial charge in [-0.05, 0) is 49.0 Å². The summed E-state index contributed by atoms with van der Waals surface area (Å²) < 4.78 is 36.1. The molecule has 0 heterocycles. The minimum atomic E-state index is -4.30. The molecule has 0 saturated carbocycles. The van der Waals surface area contributed by atoms with Crippen LogP contribution in [0.1, 0.15) is 6.92 Å². The normalized spacial score (nSPS) is 11.8. The fourth-order valence-electron chi connectivity index (χ4n) is 1.08. The van der Waals surface area contributed by atoms with Crippen LogP contribution in [0, 0.1) is 0 Å². The highest BCUT2D eigenvalue weighted by atomic mass is 32.2. The minimum Gasteiger partial charge on any atom is -0.323 e. The van der Waals surface area contributed by atoms with Gasteiger partial charge < -0.3 is 5.32 Å². The predicted molar refractivity (Wildman–Crippen MR) is 61.8 cm³/mol. The minimum absolute atomic E-state index is 0.0848. The third-order valence-electron chi connectivity index (χ3n) is 1.67. The largest absolute Gasteiger partial charge is 0.446 e. The Morgan fingerprint density at radius 1 is 1.29 bits per heavy atom. The van der Waals surface area contributed by atoms with E-state index in [-0.39, 0.29) is 22.6 Å². The molecule has 0 saturated heterocycles. The standard InChI is InChI=1S/C11H10F3NOS/c1-2-3-10(16)15-8-4-6-9(7-5-8)17-11(12,13)14/h2-7H,1H3,(H,15,16). The summed E-state index contributed by atoms with van der Waals surface area (Å²) in [4.78, 5) is 11.2. The van der Waals surface area contributed by atoms with Gasteiger partial charge in [-0.2, -0.15) is 13.2 Å². The third-order valence-corrected chi connectivity index (χ3v) is 2.41. The first-order valence-electron chi connectivity index (χ1n) is 4.70. The number of alkyl halides is 3. The second-order valence-electron chi connectivity index (χ2n) is 3.06. The van der Waals surface area contributed by atoms with Crippen molar-refractivity contribution in [3.8, 4) is 0 Å². The van der Waals surface area contributed by atoms with Gasteiger partial charge in [0.1, 0.15) is 0 Å². The number of thioether (sulfide) groups is 1. The molecule has 1 amide bonds. The summed E-state index contributed by atoms with van der Waals surface area (Å²) in [5.74, 6) is -0.316. The molecule has 2 nitrogen and oxygen atoms in total. The number of nitrogens with one attached hydrogen (secondary N) is 1. The Labute approximate surface area is 101 Å². The highest BCUT2D eigenvalue weighted by Crippen LogP contribution is 2.36. The highest BCUT2D eigenvalue weighted by molar-refractivity contribution is 8.00. The molecule has 0 spiro atoms. The fourth-order valence-corrected chi connectivity index (χ4v) is 1.61. The quantitative estimate of drug-likeness (QED) is 0.662. The Morgan fingerprint density at radius 3 is 2.35 bits per heavy atom. The van der Waals surface area contributed by atoms with Crippen LogP contribution in [0.3, 0.4) is 0 Å². The average Bonchev–Trinajstić information content (AvgIpc) is 2.19. The lowest BCUT2D eigenvalue weighted by atomic mass is 10.3. The van der Waals surface area contributed by atoms with Crippen LogP contribution in [0.4, 0.5) is 18.9 Å². The number of halogens is 3. The monoisotopic (exact) mass is 261 g/mol. The summed E-state index contributed by atoms with van der Waals surface area (Å²) in [6.07, 6.45) is 2.90. The molecule has 92 valence electrons. The molecule has 0 aliphatic heterocycles. The van der Waals surface area contributed by atoms with Crippen molar-refractivity contribution in [3.63, 3.8) is 0 Å². The van der Waals surface area contributed by atoms with E-state index in [1.165, 1.54) is 30.3 Å². The molecule has 1 aromatic rings. The number of benzene rings is 1. The van der Waals surface area contributed by atoms with Crippen LogP contribution < -0.4 is 5.32 Å². The Hall–Kier alpha value is -1.43. The van der Waals surface area contributed by atoms with E-state index >= 15 is 0 Å². The Morgan fingerprint density at radius 2 is 1.88 bits per heavy atom. The number of allylic oxidation sites excluding steroid dienone is 1. The van der Waals surface area contributed by atoms with Crippen LogP contribution in [0.15, 0.2) is 41.3 Å². The van der Waals surface area contributed by atoms with E-state index < -0.39 is 5.51 Å². The van der Waals surface area contributed by atoms with Gasteiger partial charge in [-0.3, -0.25) is 4.79 Å². The maximum absolute atomic E-state index is 12.0. The molecule has 0 atom stereocenters. The second kappa shape index (κ2) is 5.77. The van der Waals surface area contributed by atoms with Gasteiger partial charge in [0.2, 0.25) is 5.91 Å². The van der Waals surface area contributed by atoms with Gasteiger partial charge in [0, 0.05) is 10.6 Å². The first kappa shape index (κ1) is 13.6. The lowest BCUT2D eigenvalue weighted by Gasteiger charge is -2.06. The molecule has 0 radical (unpaired) electrons. The van der Waals surface area contributed by atoms with E-state index in [0.717, 1.165) is 0 Å². The lowest BCUT2D eigenvalue weighted by molar-refractivity contribution is -0.111. The van der Waals surface area contributed by atoms with Crippen LogP contribution >= 0.6 is 11.8 Å². The van der Waals surface area contributed by atoms with Crippen molar-refractivity contribution in [1.82, 2.24) is 0 Å². The highest BCUT2D eigenvalue weighted by Gasteiger charge is 2.28. The molecule has 0 aliphatic carbocycles. The summed E-state index contributed by atoms with van der Waals surface area (Å²) in [5.41, 5.74) is -3.84. The van der Waals surface area contributed by atoms with Crippen molar-refractivity contribution >= 4 is 23.4 Å².